The highest BCUT2D eigenvalue weighted by atomic mass is 32.1. The Bertz CT molecular complexity index is 532. The molecule has 1 aliphatic rings. The van der Waals surface area contributed by atoms with E-state index in [0.717, 1.165) is 25.1 Å². The first-order chi connectivity index (χ1) is 8.83. The number of hydrogen-bond donors (Lipinski definition) is 1. The Kier molecular flexibility index (Phi) is 3.15. The van der Waals surface area contributed by atoms with E-state index >= 15 is 0 Å². The van der Waals surface area contributed by atoms with Crippen LogP contribution in [0.15, 0.2) is 30.0 Å². The highest BCUT2D eigenvalue weighted by Gasteiger charge is 2.24. The molecule has 1 aliphatic heterocycles. The van der Waals surface area contributed by atoms with Crippen LogP contribution in [0, 0.1) is 5.92 Å². The third-order valence-electron chi connectivity index (χ3n) is 3.36. The van der Waals surface area contributed by atoms with E-state index in [9.17, 15) is 4.79 Å². The number of aromatic nitrogens is 2. The maximum Gasteiger partial charge on any atom is 0.223 e. The maximum absolute atomic E-state index is 12.1. The monoisotopic (exact) mass is 261 g/mol. The predicted octanol–water partition coefficient (Wildman–Crippen LogP) is 1.82. The van der Waals surface area contributed by atoms with E-state index in [-0.39, 0.29) is 11.8 Å². The number of rotatable bonds is 3. The highest BCUT2D eigenvalue weighted by molar-refractivity contribution is 7.09. The van der Waals surface area contributed by atoms with Gasteiger partial charge in [0.1, 0.15) is 0 Å². The van der Waals surface area contributed by atoms with Gasteiger partial charge in [-0.15, -0.1) is 11.3 Å². The normalized spacial score (nSPS) is 18.3. The van der Waals surface area contributed by atoms with E-state index in [4.69, 9.17) is 0 Å². The lowest BCUT2D eigenvalue weighted by Crippen LogP contribution is -2.34. The Labute approximate surface area is 110 Å². The molecule has 3 rings (SSSR count). The summed E-state index contributed by atoms with van der Waals surface area (Å²) in [7, 11) is 0. The minimum atomic E-state index is 0.0918. The summed E-state index contributed by atoms with van der Waals surface area (Å²) in [5.74, 6) is 0.255. The Balaban J connectivity index is 1.57. The van der Waals surface area contributed by atoms with Crippen LogP contribution in [-0.2, 0) is 24.3 Å². The minimum Gasteiger partial charge on any atom is -0.351 e. The largest absolute Gasteiger partial charge is 0.351 e. The number of fused-ring (bicyclic) bond motifs is 1. The molecule has 0 aromatic carbocycles. The predicted molar refractivity (Wildman–Crippen MR) is 70.2 cm³/mol. The second-order valence-electron chi connectivity index (χ2n) is 4.57. The maximum atomic E-state index is 12.1. The average Bonchev–Trinajstić information content (AvgIpc) is 3.05. The lowest BCUT2D eigenvalue weighted by molar-refractivity contribution is -0.125. The molecule has 2 aromatic rings. The second-order valence-corrected chi connectivity index (χ2v) is 5.60. The van der Waals surface area contributed by atoms with E-state index in [2.05, 4.69) is 14.9 Å². The van der Waals surface area contributed by atoms with Gasteiger partial charge < -0.3 is 9.88 Å². The van der Waals surface area contributed by atoms with Gasteiger partial charge in [0, 0.05) is 35.7 Å². The van der Waals surface area contributed by atoms with Gasteiger partial charge in [0.05, 0.1) is 12.9 Å². The van der Waals surface area contributed by atoms with E-state index in [0.29, 0.717) is 6.54 Å². The van der Waals surface area contributed by atoms with Gasteiger partial charge in [0.15, 0.2) is 0 Å². The quantitative estimate of drug-likeness (QED) is 0.916. The SMILES string of the molecule is O=C(NCc1cccs1)C1CCn2cncc2C1. The fraction of sp³-hybridized carbons (Fsp3) is 0.385. The summed E-state index contributed by atoms with van der Waals surface area (Å²) in [5, 5.41) is 5.05. The van der Waals surface area contributed by atoms with Crippen LogP contribution in [-0.4, -0.2) is 15.5 Å². The number of amides is 1. The van der Waals surface area contributed by atoms with Crippen molar-refractivity contribution in [1.29, 1.82) is 0 Å². The molecule has 0 bridgehead atoms. The van der Waals surface area contributed by atoms with E-state index in [1.54, 1.807) is 11.3 Å². The van der Waals surface area contributed by atoms with Gasteiger partial charge in [-0.3, -0.25) is 4.79 Å². The van der Waals surface area contributed by atoms with E-state index < -0.39 is 0 Å². The van der Waals surface area contributed by atoms with Crippen molar-refractivity contribution in [3.05, 3.63) is 40.6 Å². The fourth-order valence-electron chi connectivity index (χ4n) is 2.32. The summed E-state index contributed by atoms with van der Waals surface area (Å²) < 4.78 is 2.13. The van der Waals surface area contributed by atoms with Crippen molar-refractivity contribution in [2.75, 3.05) is 0 Å². The van der Waals surface area contributed by atoms with Crippen LogP contribution < -0.4 is 5.32 Å². The number of hydrogen-bond acceptors (Lipinski definition) is 3. The van der Waals surface area contributed by atoms with Crippen molar-refractivity contribution < 1.29 is 4.79 Å². The Morgan fingerprint density at radius 2 is 2.56 bits per heavy atom. The second kappa shape index (κ2) is 4.94. The van der Waals surface area contributed by atoms with Gasteiger partial charge in [0.2, 0.25) is 5.91 Å². The van der Waals surface area contributed by atoms with Crippen LogP contribution in [0.25, 0.3) is 0 Å². The van der Waals surface area contributed by atoms with Crippen molar-refractivity contribution in [3.8, 4) is 0 Å². The average molecular weight is 261 g/mol. The Morgan fingerprint density at radius 1 is 1.61 bits per heavy atom. The van der Waals surface area contributed by atoms with Gasteiger partial charge >= 0.3 is 0 Å². The Hall–Kier alpha value is -1.62. The number of imidazole rings is 1. The molecule has 0 saturated heterocycles. The molecule has 94 valence electrons. The van der Waals surface area contributed by atoms with Crippen molar-refractivity contribution in [3.63, 3.8) is 0 Å². The molecule has 18 heavy (non-hydrogen) atoms. The molecule has 1 amide bonds. The first kappa shape index (κ1) is 11.5. The van der Waals surface area contributed by atoms with Crippen LogP contribution in [0.3, 0.4) is 0 Å². The van der Waals surface area contributed by atoms with Crippen molar-refractivity contribution in [2.24, 2.45) is 5.92 Å². The molecule has 1 N–H and O–H groups in total. The molecule has 0 fully saturated rings. The smallest absolute Gasteiger partial charge is 0.223 e. The molecule has 3 heterocycles. The van der Waals surface area contributed by atoms with Crippen LogP contribution in [0.5, 0.6) is 0 Å². The number of aryl methyl sites for hydroxylation is 1. The summed E-state index contributed by atoms with van der Waals surface area (Å²) in [6.07, 6.45) is 5.41. The topological polar surface area (TPSA) is 46.9 Å². The van der Waals surface area contributed by atoms with Crippen molar-refractivity contribution in [1.82, 2.24) is 14.9 Å². The standard InChI is InChI=1S/C13H15N3OS/c17-13(15-8-12-2-1-5-18-12)10-3-4-16-9-14-7-11(16)6-10/h1-2,5,7,9-10H,3-4,6,8H2,(H,15,17). The fourth-order valence-corrected chi connectivity index (χ4v) is 2.97. The van der Waals surface area contributed by atoms with Crippen LogP contribution in [0.2, 0.25) is 0 Å². The van der Waals surface area contributed by atoms with Gasteiger partial charge in [0.25, 0.3) is 0 Å². The van der Waals surface area contributed by atoms with Gasteiger partial charge in [-0.1, -0.05) is 6.07 Å². The number of nitrogens with zero attached hydrogens (tertiary/aromatic N) is 2. The molecule has 1 unspecified atom stereocenters. The zero-order valence-corrected chi connectivity index (χ0v) is 10.8. The number of thiophene rings is 1. The molecule has 1 atom stereocenters. The molecule has 0 spiro atoms. The minimum absolute atomic E-state index is 0.0918. The van der Waals surface area contributed by atoms with E-state index in [1.807, 2.05) is 30.0 Å². The van der Waals surface area contributed by atoms with Gasteiger partial charge in [-0.2, -0.15) is 0 Å². The molecule has 0 radical (unpaired) electrons. The summed E-state index contributed by atoms with van der Waals surface area (Å²) >= 11 is 1.67. The molecule has 4 nitrogen and oxygen atoms in total. The number of carbonyl (C=O) groups excluding carboxylic acids is 1. The molecule has 0 saturated carbocycles. The van der Waals surface area contributed by atoms with Crippen molar-refractivity contribution >= 4 is 17.2 Å². The third-order valence-corrected chi connectivity index (χ3v) is 4.24. The van der Waals surface area contributed by atoms with Gasteiger partial charge in [-0.05, 0) is 17.9 Å². The summed E-state index contributed by atoms with van der Waals surface area (Å²) in [4.78, 5) is 17.4. The summed E-state index contributed by atoms with van der Waals surface area (Å²) in [6.45, 7) is 1.54. The Morgan fingerprint density at radius 3 is 3.39 bits per heavy atom. The number of nitrogens with one attached hydrogen (secondary N) is 1. The highest BCUT2D eigenvalue weighted by Crippen LogP contribution is 2.20. The van der Waals surface area contributed by atoms with Crippen LogP contribution >= 0.6 is 11.3 Å². The number of carbonyl (C=O) groups is 1. The lowest BCUT2D eigenvalue weighted by atomic mass is 9.95. The lowest BCUT2D eigenvalue weighted by Gasteiger charge is -2.22. The van der Waals surface area contributed by atoms with Gasteiger partial charge in [-0.25, -0.2) is 4.98 Å². The molecular weight excluding hydrogens is 246 g/mol. The van der Waals surface area contributed by atoms with E-state index in [1.165, 1.54) is 4.88 Å². The third kappa shape index (κ3) is 2.31. The summed E-state index contributed by atoms with van der Waals surface area (Å²) in [6, 6.07) is 4.05. The zero-order valence-electron chi connectivity index (χ0n) is 10.0. The van der Waals surface area contributed by atoms with Crippen LogP contribution in [0.1, 0.15) is 17.0 Å². The molecule has 0 aliphatic carbocycles. The molecule has 5 heteroatoms. The summed E-state index contributed by atoms with van der Waals surface area (Å²) in [5.41, 5.74) is 1.16. The zero-order chi connectivity index (χ0) is 12.4. The first-order valence-electron chi connectivity index (χ1n) is 6.12. The van der Waals surface area contributed by atoms with Crippen LogP contribution in [0.4, 0.5) is 0 Å². The molecule has 2 aromatic heterocycles. The van der Waals surface area contributed by atoms with Crippen molar-refractivity contribution in [2.45, 2.75) is 25.9 Å². The first-order valence-corrected chi connectivity index (χ1v) is 7.00. The molecular formula is C13H15N3OS.